The summed E-state index contributed by atoms with van der Waals surface area (Å²) in [6.07, 6.45) is 0. The molecule has 0 aliphatic heterocycles. The summed E-state index contributed by atoms with van der Waals surface area (Å²) in [6.45, 7) is 0. The average molecular weight is 315 g/mol. The van der Waals surface area contributed by atoms with Crippen molar-refractivity contribution in [2.75, 3.05) is 0 Å². The topological polar surface area (TPSA) is 74.5 Å². The van der Waals surface area contributed by atoms with E-state index in [9.17, 15) is 9.18 Å². The van der Waals surface area contributed by atoms with Gasteiger partial charge in [0.2, 0.25) is 0 Å². The van der Waals surface area contributed by atoms with Gasteiger partial charge >= 0.3 is 5.69 Å². The number of nitrogens with one attached hydrogen (secondary N) is 1. The van der Waals surface area contributed by atoms with Crippen LogP contribution in [0.15, 0.2) is 47.3 Å². The molecule has 5 nitrogen and oxygen atoms in total. The highest BCUT2D eigenvalue weighted by atomic mass is 35.5. The van der Waals surface area contributed by atoms with E-state index < -0.39 is 11.5 Å². The fourth-order valence-corrected chi connectivity index (χ4v) is 2.27. The highest BCUT2D eigenvalue weighted by molar-refractivity contribution is 6.33. The van der Waals surface area contributed by atoms with Gasteiger partial charge in [-0.05, 0) is 36.4 Å². The molecule has 0 aliphatic carbocycles. The third-order valence-corrected chi connectivity index (χ3v) is 3.37. The van der Waals surface area contributed by atoms with E-state index in [1.807, 2.05) is 6.07 Å². The Kier molecular flexibility index (Phi) is 3.49. The van der Waals surface area contributed by atoms with Crippen LogP contribution < -0.4 is 5.69 Å². The van der Waals surface area contributed by atoms with E-state index in [1.54, 1.807) is 24.3 Å². The van der Waals surface area contributed by atoms with Crippen LogP contribution in [0.4, 0.5) is 4.39 Å². The average Bonchev–Trinajstić information content (AvgIpc) is 2.89. The Morgan fingerprint density at radius 1 is 1.23 bits per heavy atom. The monoisotopic (exact) mass is 314 g/mol. The van der Waals surface area contributed by atoms with Crippen LogP contribution in [0.3, 0.4) is 0 Å². The predicted molar refractivity (Wildman–Crippen MR) is 79.3 cm³/mol. The van der Waals surface area contributed by atoms with Gasteiger partial charge in [0.05, 0.1) is 27.9 Å². The Morgan fingerprint density at radius 3 is 2.59 bits per heavy atom. The molecule has 0 unspecified atom stereocenters. The highest BCUT2D eigenvalue weighted by Crippen LogP contribution is 2.27. The number of nitrogens with zero attached hydrogens (tertiary/aromatic N) is 3. The van der Waals surface area contributed by atoms with E-state index in [0.717, 1.165) is 4.68 Å². The molecule has 0 bridgehead atoms. The lowest BCUT2D eigenvalue weighted by molar-refractivity contribution is 0.630. The van der Waals surface area contributed by atoms with Crippen molar-refractivity contribution in [2.24, 2.45) is 0 Å². The van der Waals surface area contributed by atoms with Crippen LogP contribution in [0.5, 0.6) is 0 Å². The molecule has 22 heavy (non-hydrogen) atoms. The summed E-state index contributed by atoms with van der Waals surface area (Å²) in [6, 6.07) is 12.5. The number of aromatic amines is 1. The lowest BCUT2D eigenvalue weighted by Gasteiger charge is -2.01. The summed E-state index contributed by atoms with van der Waals surface area (Å²) in [7, 11) is 0. The second-order valence-electron chi connectivity index (χ2n) is 4.45. The molecule has 3 aromatic rings. The van der Waals surface area contributed by atoms with Crippen molar-refractivity contribution in [2.45, 2.75) is 0 Å². The molecule has 0 amide bonds. The van der Waals surface area contributed by atoms with Crippen molar-refractivity contribution in [3.8, 4) is 23.1 Å². The van der Waals surface area contributed by atoms with Crippen molar-refractivity contribution in [3.05, 3.63) is 69.4 Å². The number of benzene rings is 2. The third-order valence-electron chi connectivity index (χ3n) is 3.06. The first kappa shape index (κ1) is 14.0. The van der Waals surface area contributed by atoms with Gasteiger partial charge < -0.3 is 0 Å². The van der Waals surface area contributed by atoms with Crippen molar-refractivity contribution in [3.63, 3.8) is 0 Å². The highest BCUT2D eigenvalue weighted by Gasteiger charge is 2.15. The van der Waals surface area contributed by atoms with E-state index in [2.05, 4.69) is 10.1 Å². The van der Waals surface area contributed by atoms with Crippen LogP contribution in [-0.4, -0.2) is 14.8 Å². The van der Waals surface area contributed by atoms with E-state index >= 15 is 0 Å². The first-order valence-electron chi connectivity index (χ1n) is 6.24. The molecule has 1 heterocycles. The van der Waals surface area contributed by atoms with E-state index in [1.165, 1.54) is 18.2 Å². The molecule has 0 fully saturated rings. The van der Waals surface area contributed by atoms with Gasteiger partial charge in [0.15, 0.2) is 5.82 Å². The molecule has 3 rings (SSSR count). The molecule has 1 N–H and O–H groups in total. The molecule has 0 atom stereocenters. The van der Waals surface area contributed by atoms with Gasteiger partial charge in [0.1, 0.15) is 5.82 Å². The number of H-pyrrole nitrogens is 1. The van der Waals surface area contributed by atoms with Gasteiger partial charge in [-0.25, -0.2) is 9.18 Å². The number of halogens is 2. The molecule has 1 aromatic heterocycles. The fraction of sp³-hybridized carbons (Fsp3) is 0. The van der Waals surface area contributed by atoms with Crippen LogP contribution in [0.1, 0.15) is 5.56 Å². The molecular weight excluding hydrogens is 307 g/mol. The summed E-state index contributed by atoms with van der Waals surface area (Å²) in [4.78, 5) is 14.5. The number of nitriles is 1. The SMILES string of the molecule is N#Cc1ccc(-n2nc(-c3c(F)cccc3Cl)[nH]c2=O)cc1. The molecule has 108 valence electrons. The van der Waals surface area contributed by atoms with Crippen LogP contribution in [0.2, 0.25) is 5.02 Å². The zero-order valence-electron chi connectivity index (χ0n) is 11.0. The second-order valence-corrected chi connectivity index (χ2v) is 4.85. The molecule has 2 aromatic carbocycles. The zero-order chi connectivity index (χ0) is 15.7. The van der Waals surface area contributed by atoms with Gasteiger partial charge in [-0.2, -0.15) is 9.94 Å². The molecular formula is C15H8ClFN4O. The standard InChI is InChI=1S/C15H8ClFN4O/c16-11-2-1-3-12(17)13(11)14-19-15(22)21(20-14)10-6-4-9(8-18)5-7-10/h1-7H,(H,19,20,22). The van der Waals surface area contributed by atoms with E-state index in [0.29, 0.717) is 11.3 Å². The number of rotatable bonds is 2. The Morgan fingerprint density at radius 2 is 1.95 bits per heavy atom. The molecule has 0 saturated heterocycles. The Labute approximate surface area is 129 Å². The minimum atomic E-state index is -0.576. The molecule has 7 heteroatoms. The smallest absolute Gasteiger partial charge is 0.288 e. The maximum absolute atomic E-state index is 13.9. The molecule has 0 aliphatic rings. The normalized spacial score (nSPS) is 10.4. The number of aromatic nitrogens is 3. The molecule has 0 radical (unpaired) electrons. The minimum Gasteiger partial charge on any atom is -0.288 e. The van der Waals surface area contributed by atoms with Crippen LogP contribution in [0, 0.1) is 17.1 Å². The maximum atomic E-state index is 13.9. The van der Waals surface area contributed by atoms with Gasteiger partial charge in [-0.1, -0.05) is 17.7 Å². The molecule has 0 spiro atoms. The quantitative estimate of drug-likeness (QED) is 0.790. The minimum absolute atomic E-state index is 0.0358. The van der Waals surface area contributed by atoms with Gasteiger partial charge in [-0.15, -0.1) is 5.10 Å². The third kappa shape index (κ3) is 2.38. The van der Waals surface area contributed by atoms with Gasteiger partial charge in [-0.3, -0.25) is 4.98 Å². The fourth-order valence-electron chi connectivity index (χ4n) is 2.01. The van der Waals surface area contributed by atoms with Crippen molar-refractivity contribution in [1.29, 1.82) is 5.26 Å². The van der Waals surface area contributed by atoms with Crippen molar-refractivity contribution in [1.82, 2.24) is 14.8 Å². The molecule has 0 saturated carbocycles. The Bertz CT molecular complexity index is 917. The summed E-state index contributed by atoms with van der Waals surface area (Å²) < 4.78 is 15.0. The van der Waals surface area contributed by atoms with Crippen LogP contribution in [-0.2, 0) is 0 Å². The largest absolute Gasteiger partial charge is 0.348 e. The van der Waals surface area contributed by atoms with Crippen molar-refractivity contribution >= 4 is 11.6 Å². The van der Waals surface area contributed by atoms with E-state index in [-0.39, 0.29) is 16.4 Å². The Hall–Kier alpha value is -2.91. The van der Waals surface area contributed by atoms with Crippen LogP contribution >= 0.6 is 11.6 Å². The van der Waals surface area contributed by atoms with Gasteiger partial charge in [0, 0.05) is 0 Å². The second kappa shape index (κ2) is 5.47. The van der Waals surface area contributed by atoms with Gasteiger partial charge in [0.25, 0.3) is 0 Å². The summed E-state index contributed by atoms with van der Waals surface area (Å²) in [5.41, 5.74) is 0.427. The number of hydrogen-bond donors (Lipinski definition) is 1. The van der Waals surface area contributed by atoms with Crippen LogP contribution in [0.25, 0.3) is 17.1 Å². The Balaban J connectivity index is 2.12. The summed E-state index contributed by atoms with van der Waals surface area (Å²) >= 11 is 5.96. The maximum Gasteiger partial charge on any atom is 0.348 e. The first-order valence-corrected chi connectivity index (χ1v) is 6.62. The van der Waals surface area contributed by atoms with Crippen molar-refractivity contribution < 1.29 is 4.39 Å². The summed E-state index contributed by atoms with van der Waals surface area (Å²) in [5.74, 6) is -0.536. The summed E-state index contributed by atoms with van der Waals surface area (Å²) in [5, 5.41) is 13.0. The zero-order valence-corrected chi connectivity index (χ0v) is 11.8. The predicted octanol–water partition coefficient (Wildman–Crippen LogP) is 2.89. The number of hydrogen-bond acceptors (Lipinski definition) is 3. The lowest BCUT2D eigenvalue weighted by atomic mass is 10.2. The van der Waals surface area contributed by atoms with E-state index in [4.69, 9.17) is 16.9 Å². The lowest BCUT2D eigenvalue weighted by Crippen LogP contribution is -2.15. The first-order chi connectivity index (χ1) is 10.6.